The molecule has 3 nitrogen and oxygen atoms in total. The highest BCUT2D eigenvalue weighted by atomic mass is 79.9. The van der Waals surface area contributed by atoms with Crippen molar-refractivity contribution < 1.29 is 13.4 Å². The Morgan fingerprint density at radius 3 is 2.53 bits per heavy atom. The van der Waals surface area contributed by atoms with Gasteiger partial charge in [0, 0.05) is 17.2 Å². The Hall–Kier alpha value is -1.50. The molecule has 0 aliphatic carbocycles. The van der Waals surface area contributed by atoms with Gasteiger partial charge < -0.3 is 9.15 Å². The maximum atomic E-state index is 11.9. The number of ether oxygens (including phenoxy) is 1. The molecule has 0 aliphatic rings. The molecule has 32 heavy (non-hydrogen) atoms. The minimum Gasteiger partial charge on any atom is -0.488 e. The molecule has 0 saturated carbocycles. The molecule has 1 unspecified atom stereocenters. The van der Waals surface area contributed by atoms with Crippen molar-refractivity contribution in [3.63, 3.8) is 0 Å². The first-order valence-electron chi connectivity index (χ1n) is 10.9. The number of fused-ring (bicyclic) bond motifs is 1. The highest BCUT2D eigenvalue weighted by molar-refractivity contribution is 9.10. The van der Waals surface area contributed by atoms with E-state index < -0.39 is 10.8 Å². The van der Waals surface area contributed by atoms with Crippen molar-refractivity contribution in [3.8, 4) is 5.75 Å². The fraction of sp³-hybridized carbons (Fsp3) is 0.385. The van der Waals surface area contributed by atoms with Gasteiger partial charge in [0.15, 0.2) is 0 Å². The largest absolute Gasteiger partial charge is 0.488 e. The van der Waals surface area contributed by atoms with Crippen LogP contribution in [-0.4, -0.2) is 16.7 Å². The molecule has 1 aromatic heterocycles. The van der Waals surface area contributed by atoms with Crippen molar-refractivity contribution >= 4 is 55.5 Å². The summed E-state index contributed by atoms with van der Waals surface area (Å²) in [5.41, 5.74) is 3.94. The number of hydrogen-bond acceptors (Lipinski definition) is 4. The molecule has 174 valence electrons. The van der Waals surface area contributed by atoms with Crippen LogP contribution in [0.15, 0.2) is 55.8 Å². The standard InChI is InChI=1S/C20H19BrO3S2.C6H14/c1-13-5-4-6-18(16(13)11-19(25-2)26(3)22)24-12-14-9-15-7-8-23-20(15)17(21)10-14;1-3-5-6-4-2/h4-11H,12H2,1-3H3;3-6H2,1-2H3/b19-11+;. The van der Waals surface area contributed by atoms with Crippen LogP contribution in [-0.2, 0) is 17.4 Å². The van der Waals surface area contributed by atoms with E-state index in [9.17, 15) is 4.21 Å². The fourth-order valence-corrected chi connectivity index (χ4v) is 5.26. The number of aryl methyl sites for hydroxylation is 1. The average Bonchev–Trinajstić information content (AvgIpc) is 3.25. The van der Waals surface area contributed by atoms with Gasteiger partial charge in [0.2, 0.25) is 0 Å². The maximum Gasteiger partial charge on any atom is 0.148 e. The number of hydrogen-bond donors (Lipinski definition) is 0. The molecule has 1 atom stereocenters. The lowest BCUT2D eigenvalue weighted by molar-refractivity contribution is 0.305. The van der Waals surface area contributed by atoms with E-state index in [0.29, 0.717) is 6.61 Å². The third kappa shape index (κ3) is 7.82. The first kappa shape index (κ1) is 26.7. The van der Waals surface area contributed by atoms with E-state index >= 15 is 0 Å². The fourth-order valence-electron chi connectivity index (χ4n) is 3.18. The van der Waals surface area contributed by atoms with Crippen LogP contribution < -0.4 is 4.74 Å². The third-order valence-corrected chi connectivity index (χ3v) is 7.95. The van der Waals surface area contributed by atoms with Crippen molar-refractivity contribution in [1.29, 1.82) is 0 Å². The van der Waals surface area contributed by atoms with Gasteiger partial charge in [0.25, 0.3) is 0 Å². The second-order valence-electron chi connectivity index (χ2n) is 7.52. The molecule has 0 bridgehead atoms. The van der Waals surface area contributed by atoms with E-state index in [2.05, 4.69) is 35.8 Å². The summed E-state index contributed by atoms with van der Waals surface area (Å²) in [6.45, 7) is 6.93. The lowest BCUT2D eigenvalue weighted by atomic mass is 10.1. The molecule has 2 aromatic carbocycles. The van der Waals surface area contributed by atoms with Gasteiger partial charge >= 0.3 is 0 Å². The van der Waals surface area contributed by atoms with Crippen LogP contribution in [0.25, 0.3) is 17.0 Å². The second-order valence-corrected chi connectivity index (χ2v) is 10.8. The van der Waals surface area contributed by atoms with E-state index in [1.807, 2.05) is 49.6 Å². The Labute approximate surface area is 207 Å². The molecule has 0 fully saturated rings. The summed E-state index contributed by atoms with van der Waals surface area (Å²) >= 11 is 5.04. The van der Waals surface area contributed by atoms with Crippen LogP contribution in [0, 0.1) is 6.92 Å². The number of benzene rings is 2. The second kappa shape index (κ2) is 13.9. The smallest absolute Gasteiger partial charge is 0.148 e. The van der Waals surface area contributed by atoms with Crippen LogP contribution in [0.3, 0.4) is 0 Å². The highest BCUT2D eigenvalue weighted by Gasteiger charge is 2.10. The topological polar surface area (TPSA) is 39.4 Å². The van der Waals surface area contributed by atoms with Crippen LogP contribution in [0.4, 0.5) is 0 Å². The van der Waals surface area contributed by atoms with Gasteiger partial charge in [-0.2, -0.15) is 0 Å². The third-order valence-electron chi connectivity index (χ3n) is 4.95. The molecule has 0 spiro atoms. The van der Waals surface area contributed by atoms with Gasteiger partial charge in [-0.15, -0.1) is 11.8 Å². The van der Waals surface area contributed by atoms with Crippen molar-refractivity contribution in [2.75, 3.05) is 12.5 Å². The normalized spacial score (nSPS) is 12.4. The number of unbranched alkanes of at least 4 members (excludes halogenated alkanes) is 3. The SMILES string of the molecule is CCCCCC.CS/C(=C\c1c(C)cccc1OCc1cc(Br)c2occc2c1)S(C)=O. The lowest BCUT2D eigenvalue weighted by Crippen LogP contribution is -1.99. The zero-order valence-corrected chi connectivity index (χ0v) is 22.8. The molecule has 6 heteroatoms. The lowest BCUT2D eigenvalue weighted by Gasteiger charge is -2.13. The summed E-state index contributed by atoms with van der Waals surface area (Å²) in [7, 11) is -1.02. The van der Waals surface area contributed by atoms with E-state index in [0.717, 1.165) is 42.1 Å². The molecule has 0 N–H and O–H groups in total. The first-order valence-corrected chi connectivity index (χ1v) is 14.5. The van der Waals surface area contributed by atoms with Crippen LogP contribution >= 0.6 is 27.7 Å². The number of thioether (sulfide) groups is 1. The van der Waals surface area contributed by atoms with Crippen molar-refractivity contribution in [1.82, 2.24) is 0 Å². The minimum atomic E-state index is -1.02. The molecule has 0 amide bonds. The van der Waals surface area contributed by atoms with Gasteiger partial charge in [-0.25, -0.2) is 0 Å². The quantitative estimate of drug-likeness (QED) is 0.256. The van der Waals surface area contributed by atoms with E-state index in [1.54, 1.807) is 12.5 Å². The molecule has 0 radical (unpaired) electrons. The number of halogens is 1. The summed E-state index contributed by atoms with van der Waals surface area (Å²) in [6, 6.07) is 11.9. The van der Waals surface area contributed by atoms with Crippen LogP contribution in [0.2, 0.25) is 0 Å². The van der Waals surface area contributed by atoms with E-state index in [4.69, 9.17) is 9.15 Å². The zero-order valence-electron chi connectivity index (χ0n) is 19.6. The number of rotatable bonds is 9. The molecule has 0 aliphatic heterocycles. The Balaban J connectivity index is 0.000000534. The molecule has 3 aromatic rings. The zero-order chi connectivity index (χ0) is 23.5. The predicted molar refractivity (Wildman–Crippen MR) is 145 cm³/mol. The van der Waals surface area contributed by atoms with Gasteiger partial charge in [-0.1, -0.05) is 51.7 Å². The average molecular weight is 538 g/mol. The highest BCUT2D eigenvalue weighted by Crippen LogP contribution is 2.31. The summed E-state index contributed by atoms with van der Waals surface area (Å²) in [5, 5.41) is 1.04. The van der Waals surface area contributed by atoms with Crippen LogP contribution in [0.5, 0.6) is 5.75 Å². The van der Waals surface area contributed by atoms with Gasteiger partial charge in [-0.05, 0) is 70.6 Å². The Kier molecular flexibility index (Phi) is 11.6. The molecule has 1 heterocycles. The summed E-state index contributed by atoms with van der Waals surface area (Å²) < 4.78 is 25.2. The van der Waals surface area contributed by atoms with Gasteiger partial charge in [0.1, 0.15) is 17.9 Å². The van der Waals surface area contributed by atoms with Crippen molar-refractivity contribution in [3.05, 3.63) is 68.1 Å². The first-order chi connectivity index (χ1) is 15.4. The molecule has 0 saturated heterocycles. The summed E-state index contributed by atoms with van der Waals surface area (Å²) in [6.07, 6.45) is 12.8. The van der Waals surface area contributed by atoms with E-state index in [1.165, 1.54) is 37.4 Å². The van der Waals surface area contributed by atoms with Crippen molar-refractivity contribution in [2.45, 2.75) is 53.1 Å². The number of furan rings is 1. The maximum absolute atomic E-state index is 11.9. The van der Waals surface area contributed by atoms with Gasteiger partial charge in [-0.3, -0.25) is 4.21 Å². The Bertz CT molecular complexity index is 1050. The van der Waals surface area contributed by atoms with Gasteiger partial charge in [0.05, 0.1) is 25.8 Å². The molecular formula is C26H33BrO3S2. The molecule has 3 rings (SSSR count). The summed E-state index contributed by atoms with van der Waals surface area (Å²) in [5.74, 6) is 0.783. The summed E-state index contributed by atoms with van der Waals surface area (Å²) in [4.78, 5) is 0. The van der Waals surface area contributed by atoms with E-state index in [-0.39, 0.29) is 0 Å². The Morgan fingerprint density at radius 1 is 1.19 bits per heavy atom. The molecular weight excluding hydrogens is 504 g/mol. The Morgan fingerprint density at radius 2 is 1.91 bits per heavy atom. The monoisotopic (exact) mass is 536 g/mol. The van der Waals surface area contributed by atoms with Crippen LogP contribution in [0.1, 0.15) is 56.2 Å². The van der Waals surface area contributed by atoms with Crippen molar-refractivity contribution in [2.24, 2.45) is 0 Å². The minimum absolute atomic E-state index is 0.438. The predicted octanol–water partition coefficient (Wildman–Crippen LogP) is 8.71.